The number of aryl methyl sites for hydroxylation is 1. The van der Waals surface area contributed by atoms with Crippen LogP contribution in [-0.4, -0.2) is 14.5 Å². The van der Waals surface area contributed by atoms with E-state index in [9.17, 15) is 13.2 Å². The molecule has 3 rings (SSSR count). The molecule has 0 bridgehead atoms. The molecule has 0 saturated carbocycles. The molecule has 0 fully saturated rings. The monoisotopic (exact) mass is 309 g/mol. The van der Waals surface area contributed by atoms with Crippen LogP contribution in [0.15, 0.2) is 36.5 Å². The molecule has 0 radical (unpaired) electrons. The third-order valence-corrected chi connectivity index (χ3v) is 3.51. The number of H-pyrrole nitrogens is 1. The van der Waals surface area contributed by atoms with Gasteiger partial charge >= 0.3 is 6.18 Å². The minimum absolute atomic E-state index is 0.172. The van der Waals surface area contributed by atoms with Crippen molar-refractivity contribution in [2.24, 2.45) is 0 Å². The number of nitrogens with zero attached hydrogens (tertiary/aromatic N) is 2. The first kappa shape index (κ1) is 13.8. The molecule has 0 aliphatic heterocycles. The van der Waals surface area contributed by atoms with Crippen molar-refractivity contribution in [1.82, 2.24) is 14.5 Å². The normalized spacial score (nSPS) is 12.0. The van der Waals surface area contributed by atoms with E-state index in [-0.39, 0.29) is 5.56 Å². The molecule has 0 saturated heterocycles. The van der Waals surface area contributed by atoms with Gasteiger partial charge in [-0.1, -0.05) is 6.07 Å². The minimum Gasteiger partial charge on any atom is -0.329 e. The SMILES string of the molecule is Cc1ccc(-n2c(=S)[nH]c3cccnc32)cc1C(F)(F)F. The first-order chi connectivity index (χ1) is 9.88. The fourth-order valence-electron chi connectivity index (χ4n) is 2.23. The molecule has 3 aromatic rings. The van der Waals surface area contributed by atoms with Gasteiger partial charge in [-0.25, -0.2) is 4.98 Å². The number of halogens is 3. The van der Waals surface area contributed by atoms with Crippen LogP contribution in [0, 0.1) is 11.7 Å². The van der Waals surface area contributed by atoms with Gasteiger partial charge in [-0.15, -0.1) is 0 Å². The molecular weight excluding hydrogens is 299 g/mol. The number of rotatable bonds is 1. The average Bonchev–Trinajstić information content (AvgIpc) is 2.74. The molecule has 2 heterocycles. The Morgan fingerprint density at radius 2 is 2.00 bits per heavy atom. The molecule has 0 aliphatic rings. The van der Waals surface area contributed by atoms with Crippen molar-refractivity contribution < 1.29 is 13.2 Å². The predicted octanol–water partition coefficient (Wildman–Crippen LogP) is 4.41. The Labute approximate surface area is 123 Å². The predicted molar refractivity (Wildman–Crippen MR) is 76.0 cm³/mol. The smallest absolute Gasteiger partial charge is 0.329 e. The molecule has 3 nitrogen and oxygen atoms in total. The van der Waals surface area contributed by atoms with Crippen LogP contribution >= 0.6 is 12.2 Å². The number of aromatic amines is 1. The summed E-state index contributed by atoms with van der Waals surface area (Å²) in [4.78, 5) is 7.11. The molecule has 1 N–H and O–H groups in total. The highest BCUT2D eigenvalue weighted by atomic mass is 32.1. The summed E-state index contributed by atoms with van der Waals surface area (Å²) in [5.41, 5.74) is 1.01. The maximum atomic E-state index is 13.0. The van der Waals surface area contributed by atoms with Gasteiger partial charge in [0.05, 0.1) is 16.8 Å². The molecule has 0 spiro atoms. The second kappa shape index (κ2) is 4.70. The van der Waals surface area contributed by atoms with Crippen LogP contribution in [-0.2, 0) is 6.18 Å². The van der Waals surface area contributed by atoms with E-state index in [4.69, 9.17) is 12.2 Å². The van der Waals surface area contributed by atoms with Gasteiger partial charge in [-0.05, 0) is 49.0 Å². The largest absolute Gasteiger partial charge is 0.416 e. The van der Waals surface area contributed by atoms with Crippen molar-refractivity contribution in [2.75, 3.05) is 0 Å². The Morgan fingerprint density at radius 3 is 2.71 bits per heavy atom. The summed E-state index contributed by atoms with van der Waals surface area (Å²) in [6.07, 6.45) is -2.83. The first-order valence-electron chi connectivity index (χ1n) is 6.12. The molecule has 2 aromatic heterocycles. The van der Waals surface area contributed by atoms with Gasteiger partial charge in [-0.2, -0.15) is 13.2 Å². The zero-order chi connectivity index (χ0) is 15.2. The van der Waals surface area contributed by atoms with Crippen molar-refractivity contribution in [1.29, 1.82) is 0 Å². The van der Waals surface area contributed by atoms with Crippen molar-refractivity contribution in [3.8, 4) is 5.69 Å². The van der Waals surface area contributed by atoms with Crippen molar-refractivity contribution in [3.05, 3.63) is 52.4 Å². The molecule has 0 atom stereocenters. The number of nitrogens with one attached hydrogen (secondary N) is 1. The lowest BCUT2D eigenvalue weighted by atomic mass is 10.1. The van der Waals surface area contributed by atoms with E-state index in [1.165, 1.54) is 17.6 Å². The molecule has 0 amide bonds. The summed E-state index contributed by atoms with van der Waals surface area (Å²) in [6.45, 7) is 1.43. The third kappa shape index (κ3) is 2.33. The Kier molecular flexibility index (Phi) is 3.09. The third-order valence-electron chi connectivity index (χ3n) is 3.23. The molecule has 1 aromatic carbocycles. The Morgan fingerprint density at radius 1 is 1.24 bits per heavy atom. The number of hydrogen-bond donors (Lipinski definition) is 1. The van der Waals surface area contributed by atoms with Crippen LogP contribution in [0.5, 0.6) is 0 Å². The summed E-state index contributed by atoms with van der Waals surface area (Å²) < 4.78 is 40.9. The van der Waals surface area contributed by atoms with E-state index in [0.29, 0.717) is 21.6 Å². The lowest BCUT2D eigenvalue weighted by Crippen LogP contribution is -2.09. The van der Waals surface area contributed by atoms with Gasteiger partial charge in [0.15, 0.2) is 10.4 Å². The number of alkyl halides is 3. The Balaban J connectivity index is 2.29. The summed E-state index contributed by atoms with van der Waals surface area (Å²) in [6, 6.07) is 7.62. The van der Waals surface area contributed by atoms with E-state index in [1.54, 1.807) is 24.4 Å². The molecule has 108 valence electrons. The fourth-order valence-corrected chi connectivity index (χ4v) is 2.54. The van der Waals surface area contributed by atoms with Crippen molar-refractivity contribution in [3.63, 3.8) is 0 Å². The maximum absolute atomic E-state index is 13.0. The summed E-state index contributed by atoms with van der Waals surface area (Å²) >= 11 is 5.19. The van der Waals surface area contributed by atoms with Crippen molar-refractivity contribution in [2.45, 2.75) is 13.1 Å². The van der Waals surface area contributed by atoms with Crippen LogP contribution in [0.2, 0.25) is 0 Å². The van der Waals surface area contributed by atoms with Crippen LogP contribution in [0.4, 0.5) is 13.2 Å². The van der Waals surface area contributed by atoms with Crippen LogP contribution in [0.25, 0.3) is 16.9 Å². The van der Waals surface area contributed by atoms with E-state index >= 15 is 0 Å². The van der Waals surface area contributed by atoms with Crippen LogP contribution < -0.4 is 0 Å². The zero-order valence-electron chi connectivity index (χ0n) is 10.9. The number of hydrogen-bond acceptors (Lipinski definition) is 2. The van der Waals surface area contributed by atoms with Gasteiger partial charge in [-0.3, -0.25) is 4.57 Å². The van der Waals surface area contributed by atoms with Gasteiger partial charge in [0.1, 0.15) is 0 Å². The number of fused-ring (bicyclic) bond motifs is 1. The quantitative estimate of drug-likeness (QED) is 0.676. The van der Waals surface area contributed by atoms with Gasteiger partial charge < -0.3 is 4.98 Å². The van der Waals surface area contributed by atoms with Gasteiger partial charge in [0.2, 0.25) is 0 Å². The summed E-state index contributed by atoms with van der Waals surface area (Å²) in [5, 5.41) is 0. The van der Waals surface area contributed by atoms with Crippen LogP contribution in [0.3, 0.4) is 0 Å². The zero-order valence-corrected chi connectivity index (χ0v) is 11.7. The summed E-state index contributed by atoms with van der Waals surface area (Å²) in [5.74, 6) is 0. The number of benzene rings is 1. The number of aromatic nitrogens is 3. The minimum atomic E-state index is -4.40. The Hall–Kier alpha value is -2.15. The van der Waals surface area contributed by atoms with Gasteiger partial charge in [0, 0.05) is 6.20 Å². The number of imidazole rings is 1. The average molecular weight is 309 g/mol. The molecule has 0 unspecified atom stereocenters. The highest BCUT2D eigenvalue weighted by Crippen LogP contribution is 2.33. The Bertz CT molecular complexity index is 877. The van der Waals surface area contributed by atoms with Crippen molar-refractivity contribution >= 4 is 23.4 Å². The van der Waals surface area contributed by atoms with E-state index in [0.717, 1.165) is 6.07 Å². The fraction of sp³-hybridized carbons (Fsp3) is 0.143. The highest BCUT2D eigenvalue weighted by Gasteiger charge is 2.32. The maximum Gasteiger partial charge on any atom is 0.416 e. The highest BCUT2D eigenvalue weighted by molar-refractivity contribution is 7.71. The molecular formula is C14H10F3N3S. The topological polar surface area (TPSA) is 33.6 Å². The van der Waals surface area contributed by atoms with Crippen LogP contribution in [0.1, 0.15) is 11.1 Å². The second-order valence-corrected chi connectivity index (χ2v) is 5.02. The van der Waals surface area contributed by atoms with E-state index in [1.807, 2.05) is 0 Å². The standard InChI is InChI=1S/C14H10F3N3S/c1-8-4-5-9(7-10(8)14(15,16)17)20-12-11(19-13(20)21)3-2-6-18-12/h2-7H,1H3,(H,19,21). The lowest BCUT2D eigenvalue weighted by molar-refractivity contribution is -0.138. The summed E-state index contributed by atoms with van der Waals surface area (Å²) in [7, 11) is 0. The molecule has 0 aliphatic carbocycles. The molecule has 21 heavy (non-hydrogen) atoms. The van der Waals surface area contributed by atoms with Gasteiger partial charge in [0.25, 0.3) is 0 Å². The number of pyridine rings is 1. The van der Waals surface area contributed by atoms with E-state index < -0.39 is 11.7 Å². The first-order valence-corrected chi connectivity index (χ1v) is 6.53. The van der Waals surface area contributed by atoms with E-state index in [2.05, 4.69) is 9.97 Å². The second-order valence-electron chi connectivity index (χ2n) is 4.64. The lowest BCUT2D eigenvalue weighted by Gasteiger charge is -2.12. The molecule has 7 heteroatoms.